The van der Waals surface area contributed by atoms with Crippen LogP contribution in [0, 0.1) is 5.92 Å². The number of hydrogen-bond acceptors (Lipinski definition) is 3. The Hall–Kier alpha value is -3.42. The summed E-state index contributed by atoms with van der Waals surface area (Å²) in [6.07, 6.45) is 5.77. The van der Waals surface area contributed by atoms with Gasteiger partial charge in [-0.15, -0.1) is 0 Å². The molecule has 3 aromatic rings. The number of H-pyrrole nitrogens is 1. The number of hydrogen-bond donors (Lipinski definition) is 5. The maximum atomic E-state index is 12.4. The number of aryl methyl sites for hydroxylation is 1. The first-order valence-corrected chi connectivity index (χ1v) is 9.84. The number of rotatable bonds is 8. The molecule has 8 heteroatoms. The summed E-state index contributed by atoms with van der Waals surface area (Å²) in [6, 6.07) is 8.05. The number of nitrogens with two attached hydrogens (primary N) is 2. The smallest absolute Gasteiger partial charge is 0.338 e. The van der Waals surface area contributed by atoms with Crippen molar-refractivity contribution in [2.45, 2.75) is 33.1 Å². The number of nitrogens with zero attached hydrogens (tertiary/aromatic N) is 2. The third-order valence-electron chi connectivity index (χ3n) is 4.93. The molecule has 8 nitrogen and oxygen atoms in total. The Morgan fingerprint density at radius 1 is 1.31 bits per heavy atom. The Balaban J connectivity index is 1.92. The molecule has 152 valence electrons. The van der Waals surface area contributed by atoms with Crippen LogP contribution in [0.2, 0.25) is 0 Å². The molecule has 2 heterocycles. The van der Waals surface area contributed by atoms with Gasteiger partial charge in [0.15, 0.2) is 5.82 Å². The molecule has 0 aliphatic heterocycles. The lowest BCUT2D eigenvalue weighted by Crippen LogP contribution is -2.78. The van der Waals surface area contributed by atoms with E-state index >= 15 is 0 Å². The molecule has 0 aliphatic rings. The number of aromatic nitrogens is 3. The molecule has 29 heavy (non-hydrogen) atoms. The fourth-order valence-corrected chi connectivity index (χ4v) is 3.03. The average molecular weight is 395 g/mol. The Bertz CT molecular complexity index is 1020. The minimum Gasteiger partial charge on any atom is -0.360 e. The number of anilines is 1. The van der Waals surface area contributed by atoms with Crippen LogP contribution in [0.15, 0.2) is 36.7 Å². The van der Waals surface area contributed by atoms with E-state index in [2.05, 4.69) is 20.3 Å². The van der Waals surface area contributed by atoms with E-state index in [1.165, 1.54) is 0 Å². The Kier molecular flexibility index (Phi) is 6.43. The number of benzene rings is 1. The molecule has 0 aliphatic carbocycles. The zero-order valence-electron chi connectivity index (χ0n) is 16.8. The standard InChI is InChI=1S/C21H27N7O/c1-3-13(2)20(29)28-19-17(9-6-10-24-21(22)23)27-18(12-26-19)15-11-25-16-8-5-4-7-14(15)16/h4-5,7-8,11-13,25H,3,6,9-10H2,1-2H3,(H4,22,23,24)(H,26,28,29)/p+1/t13-/m0/s1. The molecule has 0 bridgehead atoms. The lowest BCUT2D eigenvalue weighted by Gasteiger charge is -2.13. The van der Waals surface area contributed by atoms with Crippen LogP contribution < -0.4 is 21.8 Å². The van der Waals surface area contributed by atoms with Crippen molar-refractivity contribution in [3.05, 3.63) is 42.4 Å². The third kappa shape index (κ3) is 4.90. The van der Waals surface area contributed by atoms with Crippen LogP contribution >= 0.6 is 0 Å². The molecule has 2 aromatic heterocycles. The van der Waals surface area contributed by atoms with E-state index in [9.17, 15) is 4.79 Å². The number of amides is 1. The molecule has 0 spiro atoms. The van der Waals surface area contributed by atoms with Gasteiger partial charge in [-0.1, -0.05) is 32.0 Å². The molecule has 7 N–H and O–H groups in total. The molecule has 0 saturated heterocycles. The molecule has 1 aromatic carbocycles. The average Bonchev–Trinajstić information content (AvgIpc) is 3.15. The highest BCUT2D eigenvalue weighted by Crippen LogP contribution is 2.28. The van der Waals surface area contributed by atoms with E-state index in [-0.39, 0.29) is 17.8 Å². The van der Waals surface area contributed by atoms with E-state index in [1.54, 1.807) is 6.20 Å². The minimum absolute atomic E-state index is 0.0550. The lowest BCUT2D eigenvalue weighted by molar-refractivity contribution is -0.459. The van der Waals surface area contributed by atoms with E-state index in [0.717, 1.165) is 40.7 Å². The number of guanidine groups is 1. The van der Waals surface area contributed by atoms with Crippen LogP contribution in [0.25, 0.3) is 22.2 Å². The number of para-hydroxylation sites is 1. The number of nitrogens with one attached hydrogen (secondary N) is 3. The van der Waals surface area contributed by atoms with Gasteiger partial charge < -0.3 is 10.3 Å². The third-order valence-corrected chi connectivity index (χ3v) is 4.93. The zero-order valence-corrected chi connectivity index (χ0v) is 16.8. The number of aromatic amines is 1. The van der Waals surface area contributed by atoms with Crippen LogP contribution in [0.3, 0.4) is 0 Å². The quantitative estimate of drug-likeness (QED) is 0.220. The van der Waals surface area contributed by atoms with Gasteiger partial charge in [0, 0.05) is 28.6 Å². The largest absolute Gasteiger partial charge is 0.360 e. The molecule has 0 saturated carbocycles. The number of carbonyl (C=O) groups excluding carboxylic acids is 1. The SMILES string of the molecule is CC[C@H](C)C(=O)Nc1ncc(-c2c[nH]c3ccccc23)nc1CCC[NH+]=C(N)N. The molecule has 0 radical (unpaired) electrons. The van der Waals surface area contributed by atoms with Crippen molar-refractivity contribution in [3.8, 4) is 11.3 Å². The predicted octanol–water partition coefficient (Wildman–Crippen LogP) is 0.896. The van der Waals surface area contributed by atoms with E-state index in [1.807, 2.05) is 44.3 Å². The summed E-state index contributed by atoms with van der Waals surface area (Å²) in [5.74, 6) is 0.546. The Labute approximate surface area is 169 Å². The van der Waals surface area contributed by atoms with Crippen LogP contribution in [-0.4, -0.2) is 33.4 Å². The van der Waals surface area contributed by atoms with Gasteiger partial charge >= 0.3 is 5.96 Å². The summed E-state index contributed by atoms with van der Waals surface area (Å²) < 4.78 is 0. The summed E-state index contributed by atoms with van der Waals surface area (Å²) >= 11 is 0. The highest BCUT2D eigenvalue weighted by molar-refractivity contribution is 5.95. The summed E-state index contributed by atoms with van der Waals surface area (Å²) in [5, 5.41) is 4.01. The lowest BCUT2D eigenvalue weighted by atomic mass is 10.1. The Morgan fingerprint density at radius 3 is 2.86 bits per heavy atom. The van der Waals surface area contributed by atoms with E-state index in [4.69, 9.17) is 16.5 Å². The molecule has 1 atom stereocenters. The highest BCUT2D eigenvalue weighted by atomic mass is 16.1. The van der Waals surface area contributed by atoms with Gasteiger partial charge in [-0.05, 0) is 25.3 Å². The molecule has 0 fully saturated rings. The number of fused-ring (bicyclic) bond motifs is 1. The molecular weight excluding hydrogens is 366 g/mol. The maximum absolute atomic E-state index is 12.4. The van der Waals surface area contributed by atoms with Gasteiger partial charge in [0.2, 0.25) is 5.91 Å². The van der Waals surface area contributed by atoms with Gasteiger partial charge in [-0.25, -0.2) is 9.97 Å². The fourth-order valence-electron chi connectivity index (χ4n) is 3.03. The zero-order chi connectivity index (χ0) is 20.8. The van der Waals surface area contributed by atoms with Crippen LogP contribution in [0.4, 0.5) is 5.82 Å². The van der Waals surface area contributed by atoms with E-state index < -0.39 is 0 Å². The summed E-state index contributed by atoms with van der Waals surface area (Å²) in [7, 11) is 0. The van der Waals surface area contributed by atoms with Gasteiger partial charge in [0.05, 0.1) is 24.1 Å². The van der Waals surface area contributed by atoms with Crippen molar-refractivity contribution in [3.63, 3.8) is 0 Å². The molecule has 0 unspecified atom stereocenters. The molecule has 3 rings (SSSR count). The monoisotopic (exact) mass is 394 g/mol. The van der Waals surface area contributed by atoms with Crippen LogP contribution in [0.1, 0.15) is 32.4 Å². The normalized spacial score (nSPS) is 11.9. The van der Waals surface area contributed by atoms with Crippen molar-refractivity contribution in [1.82, 2.24) is 15.0 Å². The van der Waals surface area contributed by atoms with Crippen molar-refractivity contribution >= 4 is 28.6 Å². The summed E-state index contributed by atoms with van der Waals surface area (Å²) in [6.45, 7) is 4.49. The second-order valence-corrected chi connectivity index (χ2v) is 7.08. The van der Waals surface area contributed by atoms with Gasteiger partial charge in [-0.2, -0.15) is 0 Å². The van der Waals surface area contributed by atoms with Gasteiger partial charge in [-0.3, -0.25) is 21.3 Å². The second kappa shape index (κ2) is 9.18. The van der Waals surface area contributed by atoms with Crippen molar-refractivity contribution < 1.29 is 9.79 Å². The van der Waals surface area contributed by atoms with Crippen LogP contribution in [-0.2, 0) is 11.2 Å². The molecule has 1 amide bonds. The maximum Gasteiger partial charge on any atom is 0.338 e. The summed E-state index contributed by atoms with van der Waals surface area (Å²) in [4.78, 5) is 27.9. The Morgan fingerprint density at radius 2 is 2.10 bits per heavy atom. The van der Waals surface area contributed by atoms with E-state index in [0.29, 0.717) is 18.8 Å². The second-order valence-electron chi connectivity index (χ2n) is 7.08. The summed E-state index contributed by atoms with van der Waals surface area (Å²) in [5.41, 5.74) is 14.4. The topological polar surface area (TPSA) is 137 Å². The first-order chi connectivity index (χ1) is 14.0. The van der Waals surface area contributed by atoms with Gasteiger partial charge in [0.25, 0.3) is 0 Å². The predicted molar refractivity (Wildman–Crippen MR) is 115 cm³/mol. The van der Waals surface area contributed by atoms with Crippen LogP contribution in [0.5, 0.6) is 0 Å². The molecular formula is C21H28N7O+. The first kappa shape index (κ1) is 20.3. The van der Waals surface area contributed by atoms with Gasteiger partial charge in [0.1, 0.15) is 0 Å². The van der Waals surface area contributed by atoms with Crippen molar-refractivity contribution in [1.29, 1.82) is 0 Å². The first-order valence-electron chi connectivity index (χ1n) is 9.84. The highest BCUT2D eigenvalue weighted by Gasteiger charge is 2.16. The van der Waals surface area contributed by atoms with Crippen molar-refractivity contribution in [2.24, 2.45) is 17.4 Å². The fraction of sp³-hybridized carbons (Fsp3) is 0.333. The minimum atomic E-state index is -0.0914. The van der Waals surface area contributed by atoms with Crippen molar-refractivity contribution in [2.75, 3.05) is 11.9 Å². The number of carbonyl (C=O) groups is 1.